The van der Waals surface area contributed by atoms with Crippen LogP contribution in [0.3, 0.4) is 0 Å². The average Bonchev–Trinajstić information content (AvgIpc) is 3.29. The van der Waals surface area contributed by atoms with Crippen LogP contribution >= 0.6 is 0 Å². The molecule has 2 heteroatoms. The molecule has 0 saturated heterocycles. The van der Waals surface area contributed by atoms with Crippen molar-refractivity contribution < 1.29 is 4.74 Å². The van der Waals surface area contributed by atoms with E-state index in [4.69, 9.17) is 4.74 Å². The van der Waals surface area contributed by atoms with Crippen LogP contribution in [0.2, 0.25) is 0 Å². The van der Waals surface area contributed by atoms with E-state index < -0.39 is 0 Å². The van der Waals surface area contributed by atoms with Crippen LogP contribution < -0.4 is 10.1 Å². The molecule has 21 heavy (non-hydrogen) atoms. The number of hydrogen-bond acceptors (Lipinski definition) is 2. The average molecular weight is 281 g/mol. The maximum absolute atomic E-state index is 6.03. The van der Waals surface area contributed by atoms with Crippen molar-refractivity contribution in [3.63, 3.8) is 0 Å². The second kappa shape index (κ2) is 6.31. The van der Waals surface area contributed by atoms with Gasteiger partial charge < -0.3 is 10.1 Å². The van der Waals surface area contributed by atoms with Gasteiger partial charge in [-0.15, -0.1) is 0 Å². The predicted octanol–water partition coefficient (Wildman–Crippen LogP) is 4.13. The molecule has 110 valence electrons. The summed E-state index contributed by atoms with van der Waals surface area (Å²) in [5.74, 6) is 1.02. The maximum atomic E-state index is 6.03. The molecule has 3 rings (SSSR count). The first-order valence-electron chi connectivity index (χ1n) is 7.72. The number of nitrogens with one attached hydrogen (secondary N) is 1. The van der Waals surface area contributed by atoms with Crippen molar-refractivity contribution in [1.29, 1.82) is 0 Å². The van der Waals surface area contributed by atoms with Gasteiger partial charge in [-0.1, -0.05) is 42.5 Å². The number of ether oxygens (including phenoxy) is 1. The van der Waals surface area contributed by atoms with Crippen LogP contribution in [0.5, 0.6) is 5.75 Å². The fraction of sp³-hybridized carbons (Fsp3) is 0.368. The topological polar surface area (TPSA) is 21.3 Å². The molecule has 0 spiro atoms. The Kier molecular flexibility index (Phi) is 4.26. The molecule has 1 N–H and O–H groups in total. The van der Waals surface area contributed by atoms with E-state index in [1.807, 2.05) is 18.2 Å². The molecule has 0 unspecified atom stereocenters. The van der Waals surface area contributed by atoms with Gasteiger partial charge >= 0.3 is 0 Å². The van der Waals surface area contributed by atoms with E-state index in [0.717, 1.165) is 18.3 Å². The van der Waals surface area contributed by atoms with Crippen LogP contribution in [0.1, 0.15) is 35.1 Å². The quantitative estimate of drug-likeness (QED) is 0.859. The zero-order valence-corrected chi connectivity index (χ0v) is 12.9. The predicted molar refractivity (Wildman–Crippen MR) is 86.6 cm³/mol. The molecule has 1 aliphatic rings. The molecular formula is C19H23NO. The van der Waals surface area contributed by atoms with Crippen molar-refractivity contribution in [3.05, 3.63) is 64.7 Å². The minimum absolute atomic E-state index is 0.627. The van der Waals surface area contributed by atoms with Crippen LogP contribution in [0.15, 0.2) is 42.5 Å². The highest BCUT2D eigenvalue weighted by atomic mass is 16.5. The Balaban J connectivity index is 1.66. The van der Waals surface area contributed by atoms with Gasteiger partial charge in [-0.3, -0.25) is 0 Å². The Labute approximate surface area is 127 Å². The van der Waals surface area contributed by atoms with Gasteiger partial charge in [0, 0.05) is 12.6 Å². The number of hydrogen-bond donors (Lipinski definition) is 1. The summed E-state index contributed by atoms with van der Waals surface area (Å²) in [5, 5.41) is 3.56. The van der Waals surface area contributed by atoms with E-state index in [2.05, 4.69) is 43.4 Å². The number of benzene rings is 2. The van der Waals surface area contributed by atoms with E-state index in [9.17, 15) is 0 Å². The third kappa shape index (κ3) is 3.85. The Morgan fingerprint density at radius 2 is 1.67 bits per heavy atom. The zero-order valence-electron chi connectivity index (χ0n) is 12.9. The molecule has 1 fully saturated rings. The molecule has 0 amide bonds. The van der Waals surface area contributed by atoms with E-state index >= 15 is 0 Å². The molecule has 0 aliphatic heterocycles. The highest BCUT2D eigenvalue weighted by molar-refractivity contribution is 5.43. The lowest BCUT2D eigenvalue weighted by Gasteiger charge is -2.14. The summed E-state index contributed by atoms with van der Waals surface area (Å²) in [6.45, 7) is 5.86. The summed E-state index contributed by atoms with van der Waals surface area (Å²) in [5.41, 5.74) is 5.00. The fourth-order valence-electron chi connectivity index (χ4n) is 2.65. The van der Waals surface area contributed by atoms with Gasteiger partial charge in [-0.25, -0.2) is 0 Å². The first-order valence-corrected chi connectivity index (χ1v) is 7.72. The SMILES string of the molecule is Cc1cc(CNC2CC2)cc(C)c1OCc1ccccc1. The Hall–Kier alpha value is -1.80. The smallest absolute Gasteiger partial charge is 0.125 e. The highest BCUT2D eigenvalue weighted by Gasteiger charge is 2.20. The summed E-state index contributed by atoms with van der Waals surface area (Å²) in [7, 11) is 0. The van der Waals surface area contributed by atoms with Crippen LogP contribution in [0, 0.1) is 13.8 Å². The minimum atomic E-state index is 0.627. The Morgan fingerprint density at radius 3 is 2.29 bits per heavy atom. The second-order valence-electron chi connectivity index (χ2n) is 5.99. The lowest BCUT2D eigenvalue weighted by atomic mass is 10.1. The Bertz CT molecular complexity index is 579. The molecule has 0 aromatic heterocycles. The van der Waals surface area contributed by atoms with Gasteiger partial charge in [0.25, 0.3) is 0 Å². The molecule has 2 aromatic carbocycles. The summed E-state index contributed by atoms with van der Waals surface area (Å²) >= 11 is 0. The summed E-state index contributed by atoms with van der Waals surface area (Å²) in [6, 6.07) is 15.5. The van der Waals surface area contributed by atoms with Crippen molar-refractivity contribution in [1.82, 2.24) is 5.32 Å². The minimum Gasteiger partial charge on any atom is -0.488 e. The van der Waals surface area contributed by atoms with Crippen LogP contribution in [-0.2, 0) is 13.2 Å². The van der Waals surface area contributed by atoms with Gasteiger partial charge in [0.1, 0.15) is 12.4 Å². The molecule has 0 heterocycles. The lowest BCUT2D eigenvalue weighted by molar-refractivity contribution is 0.302. The molecule has 2 aromatic rings. The van der Waals surface area contributed by atoms with Crippen LogP contribution in [0.25, 0.3) is 0 Å². The summed E-state index contributed by atoms with van der Waals surface area (Å²) < 4.78 is 6.03. The number of rotatable bonds is 6. The third-order valence-electron chi connectivity index (χ3n) is 3.92. The van der Waals surface area contributed by atoms with E-state index in [0.29, 0.717) is 6.61 Å². The van der Waals surface area contributed by atoms with Gasteiger partial charge in [0.15, 0.2) is 0 Å². The first-order chi connectivity index (χ1) is 10.2. The van der Waals surface area contributed by atoms with Crippen molar-refractivity contribution in [2.75, 3.05) is 0 Å². The molecular weight excluding hydrogens is 258 g/mol. The van der Waals surface area contributed by atoms with E-state index in [1.54, 1.807) is 0 Å². The third-order valence-corrected chi connectivity index (χ3v) is 3.92. The number of aryl methyl sites for hydroxylation is 2. The van der Waals surface area contributed by atoms with Crippen LogP contribution in [0.4, 0.5) is 0 Å². The van der Waals surface area contributed by atoms with Gasteiger partial charge in [-0.05, 0) is 48.9 Å². The molecule has 0 bridgehead atoms. The zero-order chi connectivity index (χ0) is 14.7. The second-order valence-corrected chi connectivity index (χ2v) is 5.99. The van der Waals surface area contributed by atoms with Gasteiger partial charge in [-0.2, -0.15) is 0 Å². The van der Waals surface area contributed by atoms with Crippen molar-refractivity contribution >= 4 is 0 Å². The molecule has 2 nitrogen and oxygen atoms in total. The molecule has 0 radical (unpaired) electrons. The van der Waals surface area contributed by atoms with E-state index in [-0.39, 0.29) is 0 Å². The lowest BCUT2D eigenvalue weighted by Crippen LogP contribution is -2.15. The van der Waals surface area contributed by atoms with Crippen molar-refractivity contribution in [3.8, 4) is 5.75 Å². The van der Waals surface area contributed by atoms with Gasteiger partial charge in [0.05, 0.1) is 0 Å². The van der Waals surface area contributed by atoms with Gasteiger partial charge in [0.2, 0.25) is 0 Å². The van der Waals surface area contributed by atoms with Crippen molar-refractivity contribution in [2.24, 2.45) is 0 Å². The van der Waals surface area contributed by atoms with Crippen LogP contribution in [-0.4, -0.2) is 6.04 Å². The fourth-order valence-corrected chi connectivity index (χ4v) is 2.65. The monoisotopic (exact) mass is 281 g/mol. The standard InChI is InChI=1S/C19H23NO/c1-14-10-17(12-20-18-8-9-18)11-15(2)19(14)21-13-16-6-4-3-5-7-16/h3-7,10-11,18,20H,8-9,12-13H2,1-2H3. The summed E-state index contributed by atoms with van der Waals surface area (Å²) in [4.78, 5) is 0. The highest BCUT2D eigenvalue weighted by Crippen LogP contribution is 2.26. The van der Waals surface area contributed by atoms with E-state index in [1.165, 1.54) is 35.1 Å². The van der Waals surface area contributed by atoms with Crippen molar-refractivity contribution in [2.45, 2.75) is 45.9 Å². The maximum Gasteiger partial charge on any atom is 0.125 e. The first kappa shape index (κ1) is 14.2. The largest absolute Gasteiger partial charge is 0.488 e. The molecule has 1 saturated carbocycles. The summed E-state index contributed by atoms with van der Waals surface area (Å²) in [6.07, 6.45) is 2.66. The molecule has 0 atom stereocenters. The Morgan fingerprint density at radius 1 is 1.00 bits per heavy atom. The molecule has 1 aliphatic carbocycles. The normalized spacial score (nSPS) is 14.2.